The maximum Gasteiger partial charge on any atom is 0.342 e. The monoisotopic (exact) mass is 306 g/mol. The quantitative estimate of drug-likeness (QED) is 0.239. The predicted octanol–water partition coefficient (Wildman–Crippen LogP) is 0.183. The molecule has 0 unspecified atom stereocenters. The van der Waals surface area contributed by atoms with Crippen molar-refractivity contribution in [1.82, 2.24) is 9.55 Å². The molecule has 1 rings (SSSR count). The van der Waals surface area contributed by atoms with Crippen molar-refractivity contribution >= 4 is 23.4 Å². The van der Waals surface area contributed by atoms with Gasteiger partial charge in [0, 0.05) is 6.92 Å². The largest absolute Gasteiger partial charge is 0.438 e. The predicted molar refractivity (Wildman–Crippen MR) is 69.2 cm³/mol. The zero-order chi connectivity index (χ0) is 15.1. The van der Waals surface area contributed by atoms with Crippen molar-refractivity contribution in [3.05, 3.63) is 22.1 Å². The maximum atomic E-state index is 10.8. The number of carbonyl (C=O) groups excluding carboxylic acids is 1. The number of nitrogens with zero attached hydrogens (tertiary/aromatic N) is 3. The van der Waals surface area contributed by atoms with E-state index >= 15 is 0 Å². The Morgan fingerprint density at radius 3 is 2.95 bits per heavy atom. The van der Waals surface area contributed by atoms with Gasteiger partial charge in [-0.15, -0.1) is 11.6 Å². The average molecular weight is 307 g/mol. The number of rotatable bonds is 8. The molecular formula is C10H15ClN4O5. The standard InChI is InChI=1S/C10H15ClN4O5/c1-7-13-4-9(15(17)18)14(7)5-8(2-11)19-6-20-10(16)3-12/h4,8H,2-3,5-6,12H2,1H3/t8-/m0/s1. The van der Waals surface area contributed by atoms with Gasteiger partial charge in [0.1, 0.15) is 18.8 Å². The summed E-state index contributed by atoms with van der Waals surface area (Å²) in [6.45, 7) is 1.20. The van der Waals surface area contributed by atoms with Gasteiger partial charge in [-0.05, 0) is 4.92 Å². The van der Waals surface area contributed by atoms with Gasteiger partial charge in [-0.25, -0.2) is 9.55 Å². The minimum absolute atomic E-state index is 0.0783. The summed E-state index contributed by atoms with van der Waals surface area (Å²) >= 11 is 5.72. The molecule has 0 radical (unpaired) electrons. The minimum atomic E-state index is -0.608. The SMILES string of the molecule is Cc1ncc([N+](=O)[O-])n1C[C@H](CCl)OCOC(=O)CN. The second kappa shape index (κ2) is 7.78. The van der Waals surface area contributed by atoms with E-state index in [4.69, 9.17) is 22.1 Å². The molecule has 0 aliphatic heterocycles. The van der Waals surface area contributed by atoms with Crippen molar-refractivity contribution in [3.63, 3.8) is 0 Å². The van der Waals surface area contributed by atoms with Crippen molar-refractivity contribution in [2.24, 2.45) is 5.73 Å². The van der Waals surface area contributed by atoms with Crippen LogP contribution >= 0.6 is 11.6 Å². The first kappa shape index (κ1) is 16.3. The summed E-state index contributed by atoms with van der Waals surface area (Å²) in [5.74, 6) is -0.216. The van der Waals surface area contributed by atoms with Crippen LogP contribution in [-0.4, -0.2) is 45.8 Å². The molecular weight excluding hydrogens is 292 g/mol. The first-order valence-corrected chi connectivity index (χ1v) is 6.22. The lowest BCUT2D eigenvalue weighted by Gasteiger charge is -2.14. The third kappa shape index (κ3) is 4.44. The Hall–Kier alpha value is -1.71. The van der Waals surface area contributed by atoms with Gasteiger partial charge in [-0.2, -0.15) is 0 Å². The van der Waals surface area contributed by atoms with Crippen molar-refractivity contribution in [3.8, 4) is 0 Å². The molecule has 0 aromatic carbocycles. The van der Waals surface area contributed by atoms with Crippen LogP contribution < -0.4 is 5.73 Å². The smallest absolute Gasteiger partial charge is 0.342 e. The van der Waals surface area contributed by atoms with Gasteiger partial charge in [0.05, 0.1) is 12.4 Å². The maximum absolute atomic E-state index is 10.8. The van der Waals surface area contributed by atoms with Gasteiger partial charge in [0.2, 0.25) is 0 Å². The van der Waals surface area contributed by atoms with Gasteiger partial charge in [0.25, 0.3) is 0 Å². The van der Waals surface area contributed by atoms with Gasteiger partial charge in [-0.1, -0.05) is 0 Å². The number of alkyl halides is 1. The molecule has 1 aromatic rings. The number of halogens is 1. The fourth-order valence-electron chi connectivity index (χ4n) is 1.43. The number of hydrogen-bond acceptors (Lipinski definition) is 7. The number of nitrogens with two attached hydrogens (primary N) is 1. The van der Waals surface area contributed by atoms with Crippen LogP contribution in [0.1, 0.15) is 5.82 Å². The number of esters is 1. The molecule has 20 heavy (non-hydrogen) atoms. The summed E-state index contributed by atoms with van der Waals surface area (Å²) in [7, 11) is 0. The van der Waals surface area contributed by atoms with E-state index in [0.29, 0.717) is 5.82 Å². The van der Waals surface area contributed by atoms with Crippen molar-refractivity contribution in [1.29, 1.82) is 0 Å². The topological polar surface area (TPSA) is 123 Å². The summed E-state index contributed by atoms with van der Waals surface area (Å²) < 4.78 is 11.2. The molecule has 0 saturated heterocycles. The molecule has 0 amide bonds. The highest BCUT2D eigenvalue weighted by molar-refractivity contribution is 6.18. The summed E-state index contributed by atoms with van der Waals surface area (Å²) in [4.78, 5) is 25.0. The Morgan fingerprint density at radius 2 is 2.40 bits per heavy atom. The molecule has 0 aliphatic carbocycles. The van der Waals surface area contributed by atoms with Crippen molar-refractivity contribution in [2.75, 3.05) is 19.2 Å². The Balaban J connectivity index is 2.62. The zero-order valence-corrected chi connectivity index (χ0v) is 11.6. The zero-order valence-electron chi connectivity index (χ0n) is 10.8. The lowest BCUT2D eigenvalue weighted by molar-refractivity contribution is -0.392. The van der Waals surface area contributed by atoms with Crippen LogP contribution in [-0.2, 0) is 20.8 Å². The number of carbonyl (C=O) groups is 1. The average Bonchev–Trinajstić information content (AvgIpc) is 2.78. The number of aromatic nitrogens is 2. The van der Waals surface area contributed by atoms with Crippen LogP contribution in [0.4, 0.5) is 5.82 Å². The molecule has 0 saturated carbocycles. The van der Waals surface area contributed by atoms with E-state index in [1.807, 2.05) is 0 Å². The number of aryl methyl sites for hydroxylation is 1. The van der Waals surface area contributed by atoms with Crippen LogP contribution in [0.3, 0.4) is 0 Å². The number of ether oxygens (including phenoxy) is 2. The highest BCUT2D eigenvalue weighted by Crippen LogP contribution is 2.15. The summed E-state index contributed by atoms with van der Waals surface area (Å²) in [5, 5.41) is 10.8. The Bertz CT molecular complexity index is 478. The van der Waals surface area contributed by atoms with Crippen LogP contribution in [0, 0.1) is 17.0 Å². The molecule has 9 nitrogen and oxygen atoms in total. The van der Waals surface area contributed by atoms with E-state index in [2.05, 4.69) is 9.72 Å². The molecule has 112 valence electrons. The fraction of sp³-hybridized carbons (Fsp3) is 0.600. The fourth-order valence-corrected chi connectivity index (χ4v) is 1.62. The number of imidazole rings is 1. The second-order valence-corrected chi connectivity index (χ2v) is 4.12. The van der Waals surface area contributed by atoms with E-state index in [1.54, 1.807) is 6.92 Å². The van der Waals surface area contributed by atoms with Crippen LogP contribution in [0.15, 0.2) is 6.20 Å². The van der Waals surface area contributed by atoms with E-state index in [0.717, 1.165) is 6.20 Å². The number of hydrogen-bond donors (Lipinski definition) is 1. The van der Waals surface area contributed by atoms with E-state index < -0.39 is 17.0 Å². The van der Waals surface area contributed by atoms with Gasteiger partial charge < -0.3 is 25.3 Å². The normalized spacial score (nSPS) is 12.2. The second-order valence-electron chi connectivity index (χ2n) is 3.81. The number of nitro groups is 1. The Labute approximate surface area is 119 Å². The van der Waals surface area contributed by atoms with Gasteiger partial charge >= 0.3 is 11.8 Å². The van der Waals surface area contributed by atoms with Gasteiger partial charge in [-0.3, -0.25) is 4.79 Å². The highest BCUT2D eigenvalue weighted by atomic mass is 35.5. The molecule has 0 spiro atoms. The third-order valence-electron chi connectivity index (χ3n) is 2.47. The highest BCUT2D eigenvalue weighted by Gasteiger charge is 2.22. The molecule has 0 aliphatic rings. The lowest BCUT2D eigenvalue weighted by Crippen LogP contribution is -2.26. The first-order valence-electron chi connectivity index (χ1n) is 5.69. The molecule has 10 heteroatoms. The van der Waals surface area contributed by atoms with E-state index in [1.165, 1.54) is 4.57 Å². The van der Waals surface area contributed by atoms with Gasteiger partial charge in [0.15, 0.2) is 12.6 Å². The van der Waals surface area contributed by atoms with Crippen molar-refractivity contribution in [2.45, 2.75) is 19.6 Å². The summed E-state index contributed by atoms with van der Waals surface area (Å²) in [6, 6.07) is 0. The Kier molecular flexibility index (Phi) is 6.36. The minimum Gasteiger partial charge on any atom is -0.438 e. The lowest BCUT2D eigenvalue weighted by atomic mass is 10.4. The molecule has 1 atom stereocenters. The van der Waals surface area contributed by atoms with Crippen LogP contribution in [0.25, 0.3) is 0 Å². The van der Waals surface area contributed by atoms with E-state index in [-0.39, 0.29) is 31.6 Å². The molecule has 1 aromatic heterocycles. The summed E-state index contributed by atoms with van der Waals surface area (Å²) in [5.41, 5.74) is 5.06. The Morgan fingerprint density at radius 1 is 1.70 bits per heavy atom. The van der Waals surface area contributed by atoms with Crippen molar-refractivity contribution < 1.29 is 19.2 Å². The molecule has 1 heterocycles. The third-order valence-corrected chi connectivity index (χ3v) is 2.81. The van der Waals surface area contributed by atoms with Crippen LogP contribution in [0.5, 0.6) is 0 Å². The first-order chi connectivity index (χ1) is 9.49. The molecule has 0 fully saturated rings. The van der Waals surface area contributed by atoms with Crippen LogP contribution in [0.2, 0.25) is 0 Å². The van der Waals surface area contributed by atoms with E-state index in [9.17, 15) is 14.9 Å². The molecule has 0 bridgehead atoms. The molecule has 2 N–H and O–H groups in total. The summed E-state index contributed by atoms with van der Waals surface area (Å²) in [6.07, 6.45) is 0.601.